The van der Waals surface area contributed by atoms with E-state index in [9.17, 15) is 4.79 Å². The first-order chi connectivity index (χ1) is 8.70. The minimum Gasteiger partial charge on any atom is -0.490 e. The van der Waals surface area contributed by atoms with E-state index in [1.54, 1.807) is 10.6 Å². The van der Waals surface area contributed by atoms with E-state index in [1.165, 1.54) is 0 Å². The summed E-state index contributed by atoms with van der Waals surface area (Å²) in [5.41, 5.74) is 1.21. The van der Waals surface area contributed by atoms with Crippen molar-refractivity contribution in [2.24, 2.45) is 0 Å². The van der Waals surface area contributed by atoms with E-state index in [4.69, 9.17) is 9.84 Å². The fraction of sp³-hybridized carbons (Fsp3) is 0.385. The van der Waals surface area contributed by atoms with E-state index in [2.05, 4.69) is 11.9 Å². The van der Waals surface area contributed by atoms with Gasteiger partial charge in [0.05, 0.1) is 18.7 Å². The summed E-state index contributed by atoms with van der Waals surface area (Å²) in [6, 6.07) is 3.71. The molecule has 0 aliphatic carbocycles. The van der Waals surface area contributed by atoms with E-state index in [1.807, 2.05) is 18.3 Å². The average Bonchev–Trinajstić information content (AvgIpc) is 2.71. The van der Waals surface area contributed by atoms with Gasteiger partial charge in [-0.25, -0.2) is 4.98 Å². The summed E-state index contributed by atoms with van der Waals surface area (Å²) in [7, 11) is 0. The lowest BCUT2D eigenvalue weighted by molar-refractivity contribution is -0.136. The van der Waals surface area contributed by atoms with Crippen molar-refractivity contribution in [1.82, 2.24) is 9.38 Å². The molecule has 0 fully saturated rings. The lowest BCUT2D eigenvalue weighted by Gasteiger charge is -2.05. The van der Waals surface area contributed by atoms with E-state index in [0.29, 0.717) is 23.7 Å². The molecular formula is C13H16N2O3. The Morgan fingerprint density at radius 2 is 2.39 bits per heavy atom. The molecule has 0 bridgehead atoms. The van der Waals surface area contributed by atoms with Crippen molar-refractivity contribution in [3.05, 3.63) is 30.2 Å². The Bertz CT molecular complexity index is 548. The van der Waals surface area contributed by atoms with Crippen LogP contribution in [0.1, 0.15) is 25.5 Å². The first kappa shape index (κ1) is 12.4. The van der Waals surface area contributed by atoms with Gasteiger partial charge in [0.15, 0.2) is 11.4 Å². The van der Waals surface area contributed by atoms with Crippen molar-refractivity contribution in [2.45, 2.75) is 26.2 Å². The van der Waals surface area contributed by atoms with E-state index in [-0.39, 0.29) is 6.42 Å². The van der Waals surface area contributed by atoms with Gasteiger partial charge >= 0.3 is 5.97 Å². The smallest absolute Gasteiger partial charge is 0.309 e. The van der Waals surface area contributed by atoms with Crippen LogP contribution in [0.25, 0.3) is 5.65 Å². The van der Waals surface area contributed by atoms with Crippen LogP contribution in [0.15, 0.2) is 24.5 Å². The minimum atomic E-state index is -0.883. The Kier molecular flexibility index (Phi) is 3.82. The molecular weight excluding hydrogens is 232 g/mol. The number of fused-ring (bicyclic) bond motifs is 1. The number of unbranched alkanes of at least 4 members (excludes halogenated alkanes) is 1. The lowest BCUT2D eigenvalue weighted by atomic mass is 10.3. The van der Waals surface area contributed by atoms with Gasteiger partial charge in [-0.1, -0.05) is 13.3 Å². The maximum absolute atomic E-state index is 10.7. The lowest BCUT2D eigenvalue weighted by Crippen LogP contribution is -2.00. The molecule has 1 N–H and O–H groups in total. The average molecular weight is 248 g/mol. The van der Waals surface area contributed by atoms with Crippen molar-refractivity contribution in [3.8, 4) is 5.75 Å². The summed E-state index contributed by atoms with van der Waals surface area (Å²) in [4.78, 5) is 14.9. The molecule has 0 radical (unpaired) electrons. The maximum Gasteiger partial charge on any atom is 0.309 e. The maximum atomic E-state index is 10.7. The van der Waals surface area contributed by atoms with Gasteiger partial charge in [-0.2, -0.15) is 0 Å². The molecule has 5 heteroatoms. The monoisotopic (exact) mass is 248 g/mol. The second-order valence-electron chi connectivity index (χ2n) is 4.11. The van der Waals surface area contributed by atoms with Gasteiger partial charge in [-0.3, -0.25) is 4.79 Å². The normalized spacial score (nSPS) is 10.7. The predicted octanol–water partition coefficient (Wildman–Crippen LogP) is 2.14. The van der Waals surface area contributed by atoms with Crippen LogP contribution in [0.4, 0.5) is 0 Å². The quantitative estimate of drug-likeness (QED) is 0.795. The molecule has 2 rings (SSSR count). The highest BCUT2D eigenvalue weighted by atomic mass is 16.5. The molecule has 2 aromatic rings. The van der Waals surface area contributed by atoms with Crippen molar-refractivity contribution >= 4 is 11.6 Å². The Morgan fingerprint density at radius 3 is 3.11 bits per heavy atom. The number of aromatic nitrogens is 2. The molecule has 0 aliphatic heterocycles. The molecule has 0 unspecified atom stereocenters. The number of nitrogens with zero attached hydrogens (tertiary/aromatic N) is 2. The van der Waals surface area contributed by atoms with Crippen LogP contribution in [0.5, 0.6) is 5.75 Å². The largest absolute Gasteiger partial charge is 0.490 e. The molecule has 0 saturated carbocycles. The third kappa shape index (κ3) is 2.80. The molecule has 96 valence electrons. The molecule has 0 atom stereocenters. The summed E-state index contributed by atoms with van der Waals surface area (Å²) in [6.07, 6.45) is 5.54. The Morgan fingerprint density at radius 1 is 1.56 bits per heavy atom. The third-order valence-corrected chi connectivity index (χ3v) is 2.58. The van der Waals surface area contributed by atoms with Crippen LogP contribution in [0.3, 0.4) is 0 Å². The number of ether oxygens (including phenoxy) is 1. The Hall–Kier alpha value is -2.04. The predicted molar refractivity (Wildman–Crippen MR) is 66.9 cm³/mol. The van der Waals surface area contributed by atoms with Crippen LogP contribution >= 0.6 is 0 Å². The summed E-state index contributed by atoms with van der Waals surface area (Å²) >= 11 is 0. The highest BCUT2D eigenvalue weighted by molar-refractivity contribution is 5.70. The Balaban J connectivity index is 2.24. The van der Waals surface area contributed by atoms with Crippen molar-refractivity contribution in [1.29, 1.82) is 0 Å². The molecule has 0 amide bonds. The SMILES string of the molecule is CCCCOc1cccn2cc(CC(=O)O)nc12. The number of hydrogen-bond acceptors (Lipinski definition) is 3. The summed E-state index contributed by atoms with van der Waals surface area (Å²) in [5.74, 6) is -0.186. The molecule has 0 spiro atoms. The van der Waals surface area contributed by atoms with E-state index >= 15 is 0 Å². The molecule has 0 aromatic carbocycles. The molecule has 5 nitrogen and oxygen atoms in total. The highest BCUT2D eigenvalue weighted by Gasteiger charge is 2.09. The number of carboxylic acids is 1. The highest BCUT2D eigenvalue weighted by Crippen LogP contribution is 2.19. The standard InChI is InChI=1S/C13H16N2O3/c1-2-3-7-18-11-5-4-6-15-9-10(8-12(16)17)14-13(11)15/h4-6,9H,2-3,7-8H2,1H3,(H,16,17). The van der Waals surface area contributed by atoms with Crippen molar-refractivity contribution in [3.63, 3.8) is 0 Å². The van der Waals surface area contributed by atoms with Gasteiger partial charge in [0.2, 0.25) is 0 Å². The second kappa shape index (κ2) is 5.53. The third-order valence-electron chi connectivity index (χ3n) is 2.58. The Labute approximate surface area is 105 Å². The van der Waals surface area contributed by atoms with Crippen LogP contribution in [0.2, 0.25) is 0 Å². The molecule has 0 saturated heterocycles. The molecule has 2 heterocycles. The van der Waals surface area contributed by atoms with Crippen LogP contribution in [-0.2, 0) is 11.2 Å². The number of carboxylic acid groups (broad SMARTS) is 1. The first-order valence-corrected chi connectivity index (χ1v) is 6.02. The topological polar surface area (TPSA) is 63.8 Å². The van der Waals surface area contributed by atoms with Crippen molar-refractivity contribution in [2.75, 3.05) is 6.61 Å². The number of pyridine rings is 1. The number of carbonyl (C=O) groups is 1. The zero-order valence-corrected chi connectivity index (χ0v) is 10.3. The van der Waals surface area contributed by atoms with Gasteiger partial charge in [0, 0.05) is 12.4 Å². The zero-order valence-electron chi connectivity index (χ0n) is 10.3. The fourth-order valence-electron chi connectivity index (χ4n) is 1.72. The van der Waals surface area contributed by atoms with E-state index in [0.717, 1.165) is 12.8 Å². The van der Waals surface area contributed by atoms with Gasteiger partial charge in [0.1, 0.15) is 0 Å². The second-order valence-corrected chi connectivity index (χ2v) is 4.11. The van der Waals surface area contributed by atoms with Gasteiger partial charge in [-0.05, 0) is 18.6 Å². The van der Waals surface area contributed by atoms with Crippen molar-refractivity contribution < 1.29 is 14.6 Å². The van der Waals surface area contributed by atoms with Crippen LogP contribution in [-0.4, -0.2) is 27.1 Å². The van der Waals surface area contributed by atoms with Crippen LogP contribution in [0, 0.1) is 0 Å². The number of aliphatic carboxylic acids is 1. The fourth-order valence-corrected chi connectivity index (χ4v) is 1.72. The summed E-state index contributed by atoms with van der Waals surface area (Å²) < 4.78 is 7.44. The van der Waals surface area contributed by atoms with Gasteiger partial charge in [0.25, 0.3) is 0 Å². The number of rotatable bonds is 6. The molecule has 2 aromatic heterocycles. The first-order valence-electron chi connectivity index (χ1n) is 6.02. The van der Waals surface area contributed by atoms with Gasteiger partial charge < -0.3 is 14.2 Å². The number of imidazole rings is 1. The molecule has 18 heavy (non-hydrogen) atoms. The van der Waals surface area contributed by atoms with Gasteiger partial charge in [-0.15, -0.1) is 0 Å². The zero-order chi connectivity index (χ0) is 13.0. The van der Waals surface area contributed by atoms with Crippen LogP contribution < -0.4 is 4.74 Å². The summed E-state index contributed by atoms with van der Waals surface area (Å²) in [5, 5.41) is 8.75. The van der Waals surface area contributed by atoms with E-state index < -0.39 is 5.97 Å². The number of hydrogen-bond donors (Lipinski definition) is 1. The summed E-state index contributed by atoms with van der Waals surface area (Å²) in [6.45, 7) is 2.75. The minimum absolute atomic E-state index is 0.0733. The molecule has 0 aliphatic rings.